The molecule has 0 aromatic carbocycles. The van der Waals surface area contributed by atoms with E-state index in [2.05, 4.69) is 6.92 Å². The second-order valence-electron chi connectivity index (χ2n) is 6.77. The Hall–Kier alpha value is -0.140. The number of hydrogen-bond donors (Lipinski definition) is 1. The van der Waals surface area contributed by atoms with Crippen LogP contribution >= 0.6 is 0 Å². The molecule has 0 saturated heterocycles. The van der Waals surface area contributed by atoms with Crippen LogP contribution < -0.4 is 4.13 Å². The van der Waals surface area contributed by atoms with Gasteiger partial charge in [-0.15, -0.1) is 4.13 Å². The predicted molar refractivity (Wildman–Crippen MR) is 102 cm³/mol. The first-order chi connectivity index (χ1) is 11.3. The Balaban J connectivity index is 3.34. The summed E-state index contributed by atoms with van der Waals surface area (Å²) in [6.07, 6.45) is 17.6. The maximum absolute atomic E-state index is 11.5. The largest absolute Gasteiger partial charge is 0.224 e. The molecule has 0 bridgehead atoms. The molecule has 0 aliphatic carbocycles. The Morgan fingerprint density at radius 1 is 0.583 bits per heavy atom. The van der Waals surface area contributed by atoms with E-state index in [0.717, 1.165) is 25.5 Å². The molecular weight excluding hydrogens is 346 g/mol. The highest BCUT2D eigenvalue weighted by Crippen LogP contribution is 2.13. The summed E-state index contributed by atoms with van der Waals surface area (Å²) in [5, 5.41) is 0. The first kappa shape index (κ1) is 23.9. The Morgan fingerprint density at radius 3 is 1.25 bits per heavy atom. The molecule has 0 heterocycles. The van der Waals surface area contributed by atoms with Crippen molar-refractivity contribution in [2.24, 2.45) is 0 Å². The quantitative estimate of drug-likeness (QED) is 0.379. The molecule has 5 nitrogen and oxygen atoms in total. The SMILES string of the molecule is CCCCCCCCCCCCCCCCS(=O)(=O)NS(C)(=O)=O. The van der Waals surface area contributed by atoms with E-state index < -0.39 is 20.0 Å². The first-order valence-electron chi connectivity index (χ1n) is 9.48. The van der Waals surface area contributed by atoms with Crippen LogP contribution in [0.3, 0.4) is 0 Å². The number of hydrogen-bond acceptors (Lipinski definition) is 4. The third-order valence-electron chi connectivity index (χ3n) is 4.04. The van der Waals surface area contributed by atoms with Crippen molar-refractivity contribution in [1.82, 2.24) is 4.13 Å². The van der Waals surface area contributed by atoms with E-state index in [-0.39, 0.29) is 5.75 Å². The maximum atomic E-state index is 11.5. The lowest BCUT2D eigenvalue weighted by Gasteiger charge is -2.05. The summed E-state index contributed by atoms with van der Waals surface area (Å²) >= 11 is 0. The predicted octanol–water partition coefficient (Wildman–Crippen LogP) is 4.35. The van der Waals surface area contributed by atoms with Crippen molar-refractivity contribution in [3.05, 3.63) is 0 Å². The molecule has 0 radical (unpaired) electrons. The fraction of sp³-hybridized carbons (Fsp3) is 1.00. The lowest BCUT2D eigenvalue weighted by Crippen LogP contribution is -2.31. The van der Waals surface area contributed by atoms with Gasteiger partial charge in [0.05, 0.1) is 12.0 Å². The topological polar surface area (TPSA) is 80.3 Å². The molecule has 1 N–H and O–H groups in total. The fourth-order valence-corrected chi connectivity index (χ4v) is 5.52. The molecule has 0 atom stereocenters. The summed E-state index contributed by atoms with van der Waals surface area (Å²) in [4.78, 5) is 0. The number of unbranched alkanes of at least 4 members (excludes halogenated alkanes) is 13. The van der Waals surface area contributed by atoms with E-state index in [4.69, 9.17) is 0 Å². The first-order valence-corrected chi connectivity index (χ1v) is 13.0. The van der Waals surface area contributed by atoms with Crippen LogP contribution in [0.1, 0.15) is 96.8 Å². The number of sulfonamides is 2. The lowest BCUT2D eigenvalue weighted by atomic mass is 10.0. The monoisotopic (exact) mass is 383 g/mol. The van der Waals surface area contributed by atoms with Gasteiger partial charge >= 0.3 is 0 Å². The van der Waals surface area contributed by atoms with Crippen LogP contribution in [0.5, 0.6) is 0 Å². The van der Waals surface area contributed by atoms with Gasteiger partial charge in [0.2, 0.25) is 20.0 Å². The zero-order valence-corrected chi connectivity index (χ0v) is 17.2. The van der Waals surface area contributed by atoms with Crippen LogP contribution in [0, 0.1) is 0 Å². The minimum atomic E-state index is -3.69. The van der Waals surface area contributed by atoms with E-state index in [9.17, 15) is 16.8 Å². The Labute approximate surface area is 150 Å². The molecule has 0 spiro atoms. The molecule has 0 aromatic heterocycles. The van der Waals surface area contributed by atoms with Crippen molar-refractivity contribution in [1.29, 1.82) is 0 Å². The highest BCUT2D eigenvalue weighted by molar-refractivity contribution is 8.04. The molecular formula is C17H37NO4S2. The highest BCUT2D eigenvalue weighted by atomic mass is 32.3. The van der Waals surface area contributed by atoms with Crippen LogP contribution in [0.2, 0.25) is 0 Å². The lowest BCUT2D eigenvalue weighted by molar-refractivity contribution is 0.537. The van der Waals surface area contributed by atoms with E-state index >= 15 is 0 Å². The van der Waals surface area contributed by atoms with Gasteiger partial charge in [0.15, 0.2) is 0 Å². The number of rotatable bonds is 17. The summed E-state index contributed by atoms with van der Waals surface area (Å²) in [5.41, 5.74) is 0. The van der Waals surface area contributed by atoms with Crippen molar-refractivity contribution in [2.75, 3.05) is 12.0 Å². The molecule has 0 rings (SSSR count). The standard InChI is InChI=1S/C17H37NO4S2/c1-3-4-5-6-7-8-9-10-11-12-13-14-15-16-17-24(21,22)18-23(2,19)20/h18H,3-17H2,1-2H3. The summed E-state index contributed by atoms with van der Waals surface area (Å²) in [7, 11) is -7.38. The minimum absolute atomic E-state index is 0.113. The molecule has 0 aliphatic rings. The molecule has 0 amide bonds. The molecule has 24 heavy (non-hydrogen) atoms. The third-order valence-corrected chi connectivity index (χ3v) is 7.10. The molecule has 0 aromatic rings. The Morgan fingerprint density at radius 2 is 0.917 bits per heavy atom. The molecule has 0 fully saturated rings. The van der Waals surface area contributed by atoms with Crippen molar-refractivity contribution in [3.63, 3.8) is 0 Å². The smallest absolute Gasteiger partial charge is 0.212 e. The van der Waals surface area contributed by atoms with Gasteiger partial charge in [0.1, 0.15) is 0 Å². The zero-order chi connectivity index (χ0) is 18.3. The summed E-state index contributed by atoms with van der Waals surface area (Å²) < 4.78 is 46.4. The Kier molecular flexibility index (Phi) is 14.0. The van der Waals surface area contributed by atoms with Crippen molar-refractivity contribution < 1.29 is 16.8 Å². The maximum Gasteiger partial charge on any atom is 0.224 e. The van der Waals surface area contributed by atoms with Gasteiger partial charge in [-0.3, -0.25) is 0 Å². The van der Waals surface area contributed by atoms with Gasteiger partial charge in [0.25, 0.3) is 0 Å². The Bertz CT molecular complexity index is 487. The van der Waals surface area contributed by atoms with Crippen LogP contribution in [0.15, 0.2) is 0 Å². The van der Waals surface area contributed by atoms with Crippen LogP contribution in [0.4, 0.5) is 0 Å². The van der Waals surface area contributed by atoms with Gasteiger partial charge in [-0.25, -0.2) is 16.8 Å². The molecule has 0 aliphatic heterocycles. The molecule has 146 valence electrons. The summed E-state index contributed by atoms with van der Waals surface area (Å²) in [6.45, 7) is 2.24. The second kappa shape index (κ2) is 14.1. The second-order valence-corrected chi connectivity index (χ2v) is 10.6. The van der Waals surface area contributed by atoms with E-state index in [1.54, 1.807) is 4.13 Å². The third kappa shape index (κ3) is 18.2. The van der Waals surface area contributed by atoms with Crippen molar-refractivity contribution >= 4 is 20.0 Å². The normalized spacial score (nSPS) is 12.6. The molecule has 0 unspecified atom stereocenters. The van der Waals surface area contributed by atoms with Gasteiger partial charge in [-0.1, -0.05) is 90.4 Å². The van der Waals surface area contributed by atoms with E-state index in [0.29, 0.717) is 6.42 Å². The summed E-state index contributed by atoms with van der Waals surface area (Å²) in [5.74, 6) is -0.113. The van der Waals surface area contributed by atoms with Gasteiger partial charge in [0, 0.05) is 0 Å². The van der Waals surface area contributed by atoms with E-state index in [1.165, 1.54) is 64.2 Å². The zero-order valence-electron chi connectivity index (χ0n) is 15.6. The highest BCUT2D eigenvalue weighted by Gasteiger charge is 2.15. The molecule has 0 saturated carbocycles. The minimum Gasteiger partial charge on any atom is -0.212 e. The van der Waals surface area contributed by atoms with Gasteiger partial charge in [-0.2, -0.15) is 0 Å². The van der Waals surface area contributed by atoms with E-state index in [1.807, 2.05) is 0 Å². The fourth-order valence-electron chi connectivity index (χ4n) is 2.76. The van der Waals surface area contributed by atoms with Gasteiger partial charge in [-0.05, 0) is 6.42 Å². The number of nitrogens with one attached hydrogen (secondary N) is 1. The average Bonchev–Trinajstić information content (AvgIpc) is 2.45. The molecule has 7 heteroatoms. The van der Waals surface area contributed by atoms with Crippen LogP contribution in [0.25, 0.3) is 0 Å². The van der Waals surface area contributed by atoms with Crippen molar-refractivity contribution in [3.8, 4) is 0 Å². The van der Waals surface area contributed by atoms with Crippen LogP contribution in [-0.2, 0) is 20.0 Å². The van der Waals surface area contributed by atoms with Gasteiger partial charge < -0.3 is 0 Å². The van der Waals surface area contributed by atoms with Crippen molar-refractivity contribution in [2.45, 2.75) is 96.8 Å². The summed E-state index contributed by atoms with van der Waals surface area (Å²) in [6, 6.07) is 0. The average molecular weight is 384 g/mol. The van der Waals surface area contributed by atoms with Crippen LogP contribution in [-0.4, -0.2) is 28.8 Å².